The fraction of sp³-hybridized carbons (Fsp3) is 0.333. The molecule has 7 nitrogen and oxygen atoms in total. The van der Waals surface area contributed by atoms with Crippen LogP contribution >= 0.6 is 0 Å². The molecule has 32 heavy (non-hydrogen) atoms. The molecule has 3 heterocycles. The van der Waals surface area contributed by atoms with Crippen LogP contribution < -0.4 is 15.0 Å². The molecular weight excluding hydrogens is 411 g/mol. The maximum atomic E-state index is 13.4. The van der Waals surface area contributed by atoms with Crippen molar-refractivity contribution in [2.45, 2.75) is 38.3 Å². The molecule has 1 saturated heterocycles. The predicted molar refractivity (Wildman–Crippen MR) is 119 cm³/mol. The SMILES string of the molecule is CC1(C)CCc2c(ccc(-c3cnn(C4CNC4)c3)c2Oc2ccc(F)cc2)N1C(=O)O. The largest absolute Gasteiger partial charge is 0.465 e. The summed E-state index contributed by atoms with van der Waals surface area (Å²) < 4.78 is 21.7. The molecule has 5 rings (SSSR count). The highest BCUT2D eigenvalue weighted by Crippen LogP contribution is 2.47. The Morgan fingerprint density at radius 1 is 1.22 bits per heavy atom. The lowest BCUT2D eigenvalue weighted by molar-refractivity contribution is 0.192. The van der Waals surface area contributed by atoms with Crippen LogP contribution in [0.5, 0.6) is 11.5 Å². The summed E-state index contributed by atoms with van der Waals surface area (Å²) in [7, 11) is 0. The van der Waals surface area contributed by atoms with E-state index in [9.17, 15) is 14.3 Å². The Hall–Kier alpha value is -3.39. The van der Waals surface area contributed by atoms with Crippen LogP contribution in [0, 0.1) is 5.82 Å². The molecule has 0 unspecified atom stereocenters. The third-order valence-corrected chi connectivity index (χ3v) is 6.34. The molecule has 0 radical (unpaired) electrons. The number of amides is 1. The van der Waals surface area contributed by atoms with Crippen molar-refractivity contribution in [1.29, 1.82) is 0 Å². The quantitative estimate of drug-likeness (QED) is 0.612. The molecule has 0 aliphatic carbocycles. The molecular formula is C24H25FN4O3. The number of aromatic nitrogens is 2. The number of carboxylic acid groups (broad SMARTS) is 1. The average molecular weight is 436 g/mol. The zero-order valence-corrected chi connectivity index (χ0v) is 18.0. The molecule has 0 bridgehead atoms. The molecule has 0 spiro atoms. The van der Waals surface area contributed by atoms with Crippen molar-refractivity contribution in [2.24, 2.45) is 0 Å². The standard InChI is InChI=1S/C24H25FN4O3/c1-24(2)10-9-20-21(29(24)23(30)31)8-7-19(15-11-27-28(14-15)17-12-26-13-17)22(20)32-18-5-3-16(25)4-6-18/h3-8,11,14,17,26H,9-10,12-13H2,1-2H3,(H,30,31). The molecule has 8 heteroatoms. The van der Waals surface area contributed by atoms with E-state index < -0.39 is 11.6 Å². The van der Waals surface area contributed by atoms with Crippen molar-refractivity contribution in [1.82, 2.24) is 15.1 Å². The minimum atomic E-state index is -0.998. The number of nitrogens with zero attached hydrogens (tertiary/aromatic N) is 3. The minimum absolute atomic E-state index is 0.325. The van der Waals surface area contributed by atoms with Gasteiger partial charge in [-0.25, -0.2) is 9.18 Å². The highest BCUT2D eigenvalue weighted by molar-refractivity contribution is 5.92. The van der Waals surface area contributed by atoms with Gasteiger partial charge in [-0.2, -0.15) is 5.10 Å². The Balaban J connectivity index is 1.64. The fourth-order valence-corrected chi connectivity index (χ4v) is 4.40. The lowest BCUT2D eigenvalue weighted by atomic mass is 9.85. The zero-order chi connectivity index (χ0) is 22.5. The van der Waals surface area contributed by atoms with Crippen LogP contribution in [0.1, 0.15) is 31.9 Å². The molecule has 3 aromatic rings. The van der Waals surface area contributed by atoms with Crippen molar-refractivity contribution < 1.29 is 19.0 Å². The number of carbonyl (C=O) groups is 1. The van der Waals surface area contributed by atoms with Crippen LogP contribution in [0.25, 0.3) is 11.1 Å². The van der Waals surface area contributed by atoms with Gasteiger partial charge in [0.25, 0.3) is 0 Å². The second kappa shape index (κ2) is 7.63. The average Bonchev–Trinajstić information content (AvgIpc) is 3.16. The van der Waals surface area contributed by atoms with Crippen LogP contribution in [0.3, 0.4) is 0 Å². The predicted octanol–water partition coefficient (Wildman–Crippen LogP) is 4.84. The molecule has 2 aliphatic heterocycles. The molecule has 2 aliphatic rings. The number of nitrogens with one attached hydrogen (secondary N) is 1. The molecule has 2 aromatic carbocycles. The topological polar surface area (TPSA) is 79.6 Å². The first-order valence-electron chi connectivity index (χ1n) is 10.7. The minimum Gasteiger partial charge on any atom is -0.465 e. The fourth-order valence-electron chi connectivity index (χ4n) is 4.40. The van der Waals surface area contributed by atoms with Crippen LogP contribution in [-0.4, -0.2) is 39.6 Å². The number of hydrogen-bond donors (Lipinski definition) is 2. The first-order chi connectivity index (χ1) is 15.3. The van der Waals surface area contributed by atoms with E-state index in [1.54, 1.807) is 18.3 Å². The third-order valence-electron chi connectivity index (χ3n) is 6.34. The third kappa shape index (κ3) is 3.50. The summed E-state index contributed by atoms with van der Waals surface area (Å²) in [5, 5.41) is 17.7. The highest BCUT2D eigenvalue weighted by atomic mass is 19.1. The van der Waals surface area contributed by atoms with E-state index in [1.807, 2.05) is 36.9 Å². The number of benzene rings is 2. The van der Waals surface area contributed by atoms with Crippen molar-refractivity contribution in [2.75, 3.05) is 18.0 Å². The number of anilines is 1. The first kappa shape index (κ1) is 20.5. The van der Waals surface area contributed by atoms with E-state index in [-0.39, 0.29) is 5.82 Å². The van der Waals surface area contributed by atoms with Gasteiger partial charge in [-0.15, -0.1) is 0 Å². The molecule has 1 fully saturated rings. The highest BCUT2D eigenvalue weighted by Gasteiger charge is 2.39. The van der Waals surface area contributed by atoms with Crippen LogP contribution in [0.2, 0.25) is 0 Å². The van der Waals surface area contributed by atoms with Gasteiger partial charge < -0.3 is 15.2 Å². The normalized spacial score (nSPS) is 17.5. The number of rotatable bonds is 4. The van der Waals surface area contributed by atoms with Crippen molar-refractivity contribution >= 4 is 11.8 Å². The van der Waals surface area contributed by atoms with E-state index in [0.29, 0.717) is 36.1 Å². The second-order valence-electron chi connectivity index (χ2n) is 8.95. The Morgan fingerprint density at radius 2 is 1.97 bits per heavy atom. The van der Waals surface area contributed by atoms with Crippen molar-refractivity contribution in [3.63, 3.8) is 0 Å². The van der Waals surface area contributed by atoms with Gasteiger partial charge in [0.15, 0.2) is 0 Å². The van der Waals surface area contributed by atoms with Gasteiger partial charge in [0.1, 0.15) is 17.3 Å². The van der Waals surface area contributed by atoms with Gasteiger partial charge in [0, 0.05) is 41.5 Å². The molecule has 0 atom stereocenters. The summed E-state index contributed by atoms with van der Waals surface area (Å²) >= 11 is 0. The number of ether oxygens (including phenoxy) is 1. The van der Waals surface area contributed by atoms with E-state index in [1.165, 1.54) is 17.0 Å². The van der Waals surface area contributed by atoms with Crippen LogP contribution in [0.4, 0.5) is 14.9 Å². The van der Waals surface area contributed by atoms with Gasteiger partial charge >= 0.3 is 6.09 Å². The number of hydrogen-bond acceptors (Lipinski definition) is 4. The van der Waals surface area contributed by atoms with E-state index in [0.717, 1.165) is 29.8 Å². The summed E-state index contributed by atoms with van der Waals surface area (Å²) in [4.78, 5) is 13.5. The molecule has 1 amide bonds. The molecule has 166 valence electrons. The van der Waals surface area contributed by atoms with Gasteiger partial charge in [0.2, 0.25) is 0 Å². The molecule has 1 aromatic heterocycles. The lowest BCUT2D eigenvalue weighted by Crippen LogP contribution is -2.50. The summed E-state index contributed by atoms with van der Waals surface area (Å²) in [5.74, 6) is 0.729. The van der Waals surface area contributed by atoms with Gasteiger partial charge in [0.05, 0.1) is 17.9 Å². The summed E-state index contributed by atoms with van der Waals surface area (Å²) in [5.41, 5.74) is 2.63. The number of halogens is 1. The maximum Gasteiger partial charge on any atom is 0.412 e. The van der Waals surface area contributed by atoms with Gasteiger partial charge in [-0.05, 0) is 63.1 Å². The Morgan fingerprint density at radius 3 is 2.62 bits per heavy atom. The van der Waals surface area contributed by atoms with Gasteiger partial charge in [-0.1, -0.05) is 0 Å². The molecule has 2 N–H and O–H groups in total. The zero-order valence-electron chi connectivity index (χ0n) is 18.0. The lowest BCUT2D eigenvalue weighted by Gasteiger charge is -2.42. The van der Waals surface area contributed by atoms with E-state index in [4.69, 9.17) is 4.74 Å². The second-order valence-corrected chi connectivity index (χ2v) is 8.95. The summed E-state index contributed by atoms with van der Waals surface area (Å²) in [6.45, 7) is 5.62. The van der Waals surface area contributed by atoms with Crippen molar-refractivity contribution in [3.8, 4) is 22.6 Å². The first-order valence-corrected chi connectivity index (χ1v) is 10.7. The van der Waals surface area contributed by atoms with E-state index >= 15 is 0 Å². The van der Waals surface area contributed by atoms with Crippen LogP contribution in [0.15, 0.2) is 48.8 Å². The Kier molecular flexibility index (Phi) is 4.89. The molecule has 0 saturated carbocycles. The summed E-state index contributed by atoms with van der Waals surface area (Å²) in [6, 6.07) is 9.89. The maximum absolute atomic E-state index is 13.4. The number of fused-ring (bicyclic) bond motifs is 1. The summed E-state index contributed by atoms with van der Waals surface area (Å²) in [6.07, 6.45) is 4.12. The van der Waals surface area contributed by atoms with Gasteiger partial charge in [-0.3, -0.25) is 9.58 Å². The Labute approximate surface area is 185 Å². The van der Waals surface area contributed by atoms with Crippen LogP contribution in [-0.2, 0) is 6.42 Å². The van der Waals surface area contributed by atoms with Crippen molar-refractivity contribution in [3.05, 3.63) is 60.2 Å². The smallest absolute Gasteiger partial charge is 0.412 e. The monoisotopic (exact) mass is 436 g/mol. The Bertz CT molecular complexity index is 1170. The van der Waals surface area contributed by atoms with E-state index in [2.05, 4.69) is 10.4 Å².